The van der Waals surface area contributed by atoms with Gasteiger partial charge in [0.25, 0.3) is 0 Å². The Bertz CT molecular complexity index is 698. The molecule has 162 valence electrons. The smallest absolute Gasteiger partial charge is 0.195 e. The van der Waals surface area contributed by atoms with Gasteiger partial charge in [-0.2, -0.15) is 0 Å². The minimum absolute atomic E-state index is 0.0864. The molecule has 0 saturated carbocycles. The lowest BCUT2D eigenvalue weighted by Gasteiger charge is -2.50. The van der Waals surface area contributed by atoms with Gasteiger partial charge in [-0.15, -0.1) is 6.58 Å². The summed E-state index contributed by atoms with van der Waals surface area (Å²) in [6.45, 7) is 26.7. The van der Waals surface area contributed by atoms with E-state index in [-0.39, 0.29) is 10.1 Å². The Hall–Kier alpha value is -1.13. The molecule has 29 heavy (non-hydrogen) atoms. The highest BCUT2D eigenvalue weighted by molar-refractivity contribution is 6.75. The highest BCUT2D eigenvalue weighted by atomic mass is 28.4. The number of benzene rings is 1. The molecule has 0 aliphatic heterocycles. The third kappa shape index (κ3) is 7.25. The summed E-state index contributed by atoms with van der Waals surface area (Å²) in [5.74, 6) is 5.91. The van der Waals surface area contributed by atoms with E-state index in [4.69, 9.17) is 8.85 Å². The SMILES string of the molecule is C=CCC(CC#Cc1ccccc1)(O[Si](C)(C)C(C)(C)C)O[Si](C)(C)C(C)(C)C. The predicted molar refractivity (Wildman–Crippen MR) is 132 cm³/mol. The average Bonchev–Trinajstić information content (AvgIpc) is 2.53. The third-order valence-corrected chi connectivity index (χ3v) is 15.3. The van der Waals surface area contributed by atoms with Crippen molar-refractivity contribution in [3.8, 4) is 11.8 Å². The van der Waals surface area contributed by atoms with Crippen molar-refractivity contribution in [3.05, 3.63) is 48.6 Å². The summed E-state index contributed by atoms with van der Waals surface area (Å²) in [5.41, 5.74) is 1.01. The summed E-state index contributed by atoms with van der Waals surface area (Å²) in [5, 5.41) is 0.173. The van der Waals surface area contributed by atoms with Crippen molar-refractivity contribution in [3.63, 3.8) is 0 Å². The Morgan fingerprint density at radius 3 is 1.69 bits per heavy atom. The molecule has 4 heteroatoms. The van der Waals surface area contributed by atoms with Gasteiger partial charge >= 0.3 is 0 Å². The van der Waals surface area contributed by atoms with Crippen LogP contribution >= 0.6 is 0 Å². The van der Waals surface area contributed by atoms with Gasteiger partial charge in [-0.1, -0.05) is 77.7 Å². The van der Waals surface area contributed by atoms with Gasteiger partial charge in [-0.25, -0.2) is 0 Å². The van der Waals surface area contributed by atoms with E-state index >= 15 is 0 Å². The van der Waals surface area contributed by atoms with Crippen molar-refractivity contribution in [1.29, 1.82) is 0 Å². The fraction of sp³-hybridized carbons (Fsp3) is 0.600. The maximum absolute atomic E-state index is 6.98. The van der Waals surface area contributed by atoms with Crippen molar-refractivity contribution >= 4 is 16.6 Å². The lowest BCUT2D eigenvalue weighted by atomic mass is 10.1. The van der Waals surface area contributed by atoms with Gasteiger partial charge in [0.1, 0.15) is 0 Å². The average molecular weight is 431 g/mol. The van der Waals surface area contributed by atoms with Crippen molar-refractivity contribution in [1.82, 2.24) is 0 Å². The molecule has 0 N–H and O–H groups in total. The van der Waals surface area contributed by atoms with Crippen LogP contribution in [0.4, 0.5) is 0 Å². The maximum atomic E-state index is 6.98. The van der Waals surface area contributed by atoms with Crippen LogP contribution in [0, 0.1) is 11.8 Å². The van der Waals surface area contributed by atoms with Gasteiger partial charge in [0.2, 0.25) is 0 Å². The standard InChI is InChI=1S/C25H42O2Si2/c1-12-20-25(26-28(8,9)23(2,3)4,27-29(10,11)24(5,6)7)21-16-19-22-17-14-13-15-18-22/h12-15,17-18H,1,20-21H2,2-11H3. The third-order valence-electron chi connectivity index (χ3n) is 6.31. The second kappa shape index (κ2) is 9.35. The van der Waals surface area contributed by atoms with E-state index in [0.717, 1.165) is 5.56 Å². The molecular formula is C25H42O2Si2. The van der Waals surface area contributed by atoms with Gasteiger partial charge in [-0.3, -0.25) is 0 Å². The molecule has 0 aromatic heterocycles. The van der Waals surface area contributed by atoms with Crippen molar-refractivity contribution in [2.24, 2.45) is 0 Å². The molecule has 2 nitrogen and oxygen atoms in total. The Morgan fingerprint density at radius 1 is 0.862 bits per heavy atom. The molecule has 0 aliphatic rings. The van der Waals surface area contributed by atoms with Gasteiger partial charge in [0.15, 0.2) is 22.4 Å². The predicted octanol–water partition coefficient (Wildman–Crippen LogP) is 7.74. The van der Waals surface area contributed by atoms with Crippen molar-refractivity contribution < 1.29 is 8.85 Å². The summed E-state index contributed by atoms with van der Waals surface area (Å²) in [6, 6.07) is 10.1. The van der Waals surface area contributed by atoms with Crippen LogP contribution in [0.15, 0.2) is 43.0 Å². The molecule has 0 bridgehead atoms. The Balaban J connectivity index is 3.38. The van der Waals surface area contributed by atoms with Crippen molar-refractivity contribution in [2.75, 3.05) is 0 Å². The lowest BCUT2D eigenvalue weighted by molar-refractivity contribution is -0.126. The molecule has 1 rings (SSSR count). The van der Waals surface area contributed by atoms with Crippen molar-refractivity contribution in [2.45, 2.75) is 96.4 Å². The Labute approximate surface area is 182 Å². The van der Waals surface area contributed by atoms with Crippen LogP contribution < -0.4 is 0 Å². The van der Waals surface area contributed by atoms with Gasteiger partial charge < -0.3 is 8.85 Å². The number of rotatable bonds is 7. The maximum Gasteiger partial charge on any atom is 0.195 e. The van der Waals surface area contributed by atoms with E-state index in [1.165, 1.54) is 0 Å². The first-order valence-corrected chi connectivity index (χ1v) is 16.4. The minimum Gasteiger partial charge on any atom is -0.390 e. The van der Waals surface area contributed by atoms with Crippen LogP contribution in [0.25, 0.3) is 0 Å². The van der Waals surface area contributed by atoms with Crippen LogP contribution in [0.3, 0.4) is 0 Å². The van der Waals surface area contributed by atoms with E-state index in [1.807, 2.05) is 36.4 Å². The molecule has 0 saturated heterocycles. The van der Waals surface area contributed by atoms with Gasteiger partial charge in [-0.05, 0) is 48.4 Å². The molecule has 0 spiro atoms. The van der Waals surface area contributed by atoms with Crippen LogP contribution in [0.2, 0.25) is 36.3 Å². The summed E-state index contributed by atoms with van der Waals surface area (Å²) in [7, 11) is -4.17. The fourth-order valence-corrected chi connectivity index (χ4v) is 5.46. The summed E-state index contributed by atoms with van der Waals surface area (Å²) in [6.07, 6.45) is 3.09. The molecule has 0 unspecified atom stereocenters. The Kier molecular flexibility index (Phi) is 8.35. The van der Waals surface area contributed by atoms with Crippen LogP contribution in [0.5, 0.6) is 0 Å². The second-order valence-corrected chi connectivity index (χ2v) is 20.4. The largest absolute Gasteiger partial charge is 0.390 e. The first-order valence-electron chi connectivity index (χ1n) is 10.6. The zero-order chi connectivity index (χ0) is 22.6. The summed E-state index contributed by atoms with van der Waals surface area (Å²) >= 11 is 0. The monoisotopic (exact) mass is 430 g/mol. The number of hydrogen-bond donors (Lipinski definition) is 0. The molecule has 0 atom stereocenters. The lowest BCUT2D eigenvalue weighted by Crippen LogP contribution is -2.56. The van der Waals surface area contributed by atoms with E-state index < -0.39 is 22.4 Å². The highest BCUT2D eigenvalue weighted by Crippen LogP contribution is 2.45. The first-order chi connectivity index (χ1) is 13.1. The quantitative estimate of drug-likeness (QED) is 0.190. The van der Waals surface area contributed by atoms with E-state index in [1.54, 1.807) is 0 Å². The van der Waals surface area contributed by atoms with Crippen LogP contribution in [-0.4, -0.2) is 22.4 Å². The molecular weight excluding hydrogens is 388 g/mol. The van der Waals surface area contributed by atoms with Gasteiger partial charge in [0, 0.05) is 12.0 Å². The fourth-order valence-electron chi connectivity index (χ4n) is 2.51. The minimum atomic E-state index is -2.08. The molecule has 1 aromatic rings. The topological polar surface area (TPSA) is 18.5 Å². The van der Waals surface area contributed by atoms with Crippen LogP contribution in [0.1, 0.15) is 59.9 Å². The van der Waals surface area contributed by atoms with E-state index in [2.05, 4.69) is 86.2 Å². The van der Waals surface area contributed by atoms with E-state index in [0.29, 0.717) is 12.8 Å². The summed E-state index contributed by atoms with van der Waals surface area (Å²) in [4.78, 5) is 0. The summed E-state index contributed by atoms with van der Waals surface area (Å²) < 4.78 is 14.0. The Morgan fingerprint density at radius 2 is 1.31 bits per heavy atom. The highest BCUT2D eigenvalue weighted by Gasteiger charge is 2.49. The molecule has 0 fully saturated rings. The molecule has 0 aliphatic carbocycles. The molecule has 0 heterocycles. The first kappa shape index (κ1) is 25.9. The van der Waals surface area contributed by atoms with Gasteiger partial charge in [0.05, 0.1) is 6.42 Å². The molecule has 1 aromatic carbocycles. The zero-order valence-electron chi connectivity index (χ0n) is 20.4. The normalized spacial score (nSPS) is 13.6. The molecule has 0 radical (unpaired) electrons. The van der Waals surface area contributed by atoms with Crippen LogP contribution in [-0.2, 0) is 8.85 Å². The second-order valence-electron chi connectivity index (χ2n) is 11.0. The zero-order valence-corrected chi connectivity index (χ0v) is 22.4. The molecule has 0 amide bonds. The number of hydrogen-bond acceptors (Lipinski definition) is 2. The van der Waals surface area contributed by atoms with E-state index in [9.17, 15) is 0 Å².